The van der Waals surface area contributed by atoms with Gasteiger partial charge in [-0.15, -0.1) is 0 Å². The summed E-state index contributed by atoms with van der Waals surface area (Å²) in [5.41, 5.74) is 0.669. The molecule has 0 aromatic carbocycles. The predicted molar refractivity (Wildman–Crippen MR) is 89.8 cm³/mol. The van der Waals surface area contributed by atoms with Gasteiger partial charge in [0.15, 0.2) is 0 Å². The van der Waals surface area contributed by atoms with Gasteiger partial charge in [-0.25, -0.2) is 4.98 Å². The molecule has 0 spiro atoms. The summed E-state index contributed by atoms with van der Waals surface area (Å²) in [6, 6.07) is 3.68. The fourth-order valence-corrected chi connectivity index (χ4v) is 3.52. The average molecular weight is 318 g/mol. The van der Waals surface area contributed by atoms with Crippen LogP contribution in [0, 0.1) is 5.92 Å². The number of hydrogen-bond donors (Lipinski definition) is 1. The smallest absolute Gasteiger partial charge is 0.254 e. The van der Waals surface area contributed by atoms with Crippen LogP contribution < -0.4 is 10.2 Å². The number of ether oxygens (including phenoxy) is 1. The zero-order valence-electron chi connectivity index (χ0n) is 13.8. The molecule has 126 valence electrons. The number of piperidine rings is 1. The third-order valence-electron chi connectivity index (χ3n) is 4.70. The lowest BCUT2D eigenvalue weighted by atomic mass is 9.96. The van der Waals surface area contributed by atoms with Gasteiger partial charge in [-0.1, -0.05) is 0 Å². The van der Waals surface area contributed by atoms with E-state index in [0.29, 0.717) is 11.5 Å². The van der Waals surface area contributed by atoms with Crippen LogP contribution in [0.25, 0.3) is 0 Å². The molecule has 6 heteroatoms. The molecule has 1 aromatic heterocycles. The van der Waals surface area contributed by atoms with Gasteiger partial charge >= 0.3 is 0 Å². The van der Waals surface area contributed by atoms with Crippen LogP contribution in [-0.2, 0) is 4.74 Å². The van der Waals surface area contributed by atoms with E-state index in [-0.39, 0.29) is 5.91 Å². The summed E-state index contributed by atoms with van der Waals surface area (Å²) in [4.78, 5) is 21.3. The quantitative estimate of drug-likeness (QED) is 0.897. The number of anilines is 1. The molecule has 1 aromatic rings. The molecule has 3 heterocycles. The molecule has 2 saturated heterocycles. The highest BCUT2D eigenvalue weighted by Crippen LogP contribution is 2.25. The molecule has 0 aliphatic carbocycles. The van der Waals surface area contributed by atoms with Gasteiger partial charge in [0.2, 0.25) is 0 Å². The Morgan fingerprint density at radius 3 is 3.00 bits per heavy atom. The zero-order chi connectivity index (χ0) is 16.1. The summed E-state index contributed by atoms with van der Waals surface area (Å²) in [6.07, 6.45) is 4.17. The molecule has 2 fully saturated rings. The van der Waals surface area contributed by atoms with Gasteiger partial charge in [0.25, 0.3) is 5.91 Å². The van der Waals surface area contributed by atoms with Gasteiger partial charge in [-0.05, 0) is 30.9 Å². The number of nitrogens with zero attached hydrogens (tertiary/aromatic N) is 3. The fourth-order valence-electron chi connectivity index (χ4n) is 3.52. The number of carbonyl (C=O) groups excluding carboxylic acids is 1. The first-order valence-corrected chi connectivity index (χ1v) is 8.50. The number of hydrogen-bond acceptors (Lipinski definition) is 5. The highest BCUT2D eigenvalue weighted by Gasteiger charge is 2.26. The number of aromatic nitrogens is 1. The van der Waals surface area contributed by atoms with Crippen LogP contribution in [0.4, 0.5) is 5.82 Å². The zero-order valence-corrected chi connectivity index (χ0v) is 13.8. The molecule has 2 aliphatic heterocycles. The van der Waals surface area contributed by atoms with Crippen molar-refractivity contribution in [1.29, 1.82) is 0 Å². The van der Waals surface area contributed by atoms with Gasteiger partial charge < -0.3 is 15.0 Å². The number of nitrogens with one attached hydrogen (secondary N) is 1. The van der Waals surface area contributed by atoms with Crippen LogP contribution in [0.2, 0.25) is 0 Å². The van der Waals surface area contributed by atoms with E-state index < -0.39 is 0 Å². The number of pyridine rings is 1. The van der Waals surface area contributed by atoms with Crippen molar-refractivity contribution in [2.45, 2.75) is 12.8 Å². The minimum absolute atomic E-state index is 0.0663. The Balaban J connectivity index is 1.67. The van der Waals surface area contributed by atoms with Crippen molar-refractivity contribution >= 4 is 11.7 Å². The van der Waals surface area contributed by atoms with Gasteiger partial charge in [-0.2, -0.15) is 0 Å². The third kappa shape index (κ3) is 4.00. The second-order valence-electron chi connectivity index (χ2n) is 6.32. The predicted octanol–water partition coefficient (Wildman–Crippen LogP) is 0.990. The van der Waals surface area contributed by atoms with Crippen molar-refractivity contribution in [3.05, 3.63) is 23.9 Å². The normalized spacial score (nSPS) is 22.8. The first kappa shape index (κ1) is 16.2. The summed E-state index contributed by atoms with van der Waals surface area (Å²) < 4.78 is 5.43. The van der Waals surface area contributed by atoms with Crippen molar-refractivity contribution in [3.8, 4) is 0 Å². The maximum Gasteiger partial charge on any atom is 0.254 e. The molecule has 3 rings (SSSR count). The Morgan fingerprint density at radius 1 is 1.39 bits per heavy atom. The second-order valence-corrected chi connectivity index (χ2v) is 6.32. The van der Waals surface area contributed by atoms with Crippen molar-refractivity contribution in [1.82, 2.24) is 15.2 Å². The molecule has 0 radical (unpaired) electrons. The van der Waals surface area contributed by atoms with E-state index in [0.717, 1.165) is 58.2 Å². The van der Waals surface area contributed by atoms with Gasteiger partial charge in [0.05, 0.1) is 18.8 Å². The maximum atomic E-state index is 12.1. The van der Waals surface area contributed by atoms with E-state index in [4.69, 9.17) is 4.74 Å². The van der Waals surface area contributed by atoms with Crippen LogP contribution in [0.15, 0.2) is 18.3 Å². The second kappa shape index (κ2) is 7.75. The molecule has 6 nitrogen and oxygen atoms in total. The highest BCUT2D eigenvalue weighted by atomic mass is 16.5. The Kier molecular flexibility index (Phi) is 5.46. The van der Waals surface area contributed by atoms with Crippen molar-refractivity contribution < 1.29 is 9.53 Å². The largest absolute Gasteiger partial charge is 0.379 e. The summed E-state index contributed by atoms with van der Waals surface area (Å²) in [5.74, 6) is 1.38. The Morgan fingerprint density at radius 2 is 2.22 bits per heavy atom. The molecular weight excluding hydrogens is 292 g/mol. The minimum Gasteiger partial charge on any atom is -0.379 e. The monoisotopic (exact) mass is 318 g/mol. The van der Waals surface area contributed by atoms with Crippen molar-refractivity contribution in [3.63, 3.8) is 0 Å². The molecular formula is C17H26N4O2. The van der Waals surface area contributed by atoms with E-state index in [1.54, 1.807) is 13.2 Å². The molecule has 0 saturated carbocycles. The Labute approximate surface area is 137 Å². The van der Waals surface area contributed by atoms with E-state index >= 15 is 0 Å². The van der Waals surface area contributed by atoms with Crippen LogP contribution in [0.5, 0.6) is 0 Å². The van der Waals surface area contributed by atoms with Gasteiger partial charge in [0, 0.05) is 46.0 Å². The van der Waals surface area contributed by atoms with Gasteiger partial charge in [-0.3, -0.25) is 9.69 Å². The summed E-state index contributed by atoms with van der Waals surface area (Å²) in [7, 11) is 1.66. The van der Waals surface area contributed by atoms with Gasteiger partial charge in [0.1, 0.15) is 5.82 Å². The van der Waals surface area contributed by atoms with Crippen molar-refractivity contribution in [2.75, 3.05) is 57.9 Å². The first-order chi connectivity index (χ1) is 11.3. The first-order valence-electron chi connectivity index (χ1n) is 8.50. The lowest BCUT2D eigenvalue weighted by Crippen LogP contribution is -2.45. The van der Waals surface area contributed by atoms with Crippen molar-refractivity contribution in [2.24, 2.45) is 5.92 Å². The number of morpholine rings is 1. The Hall–Kier alpha value is -1.66. The molecule has 23 heavy (non-hydrogen) atoms. The van der Waals surface area contributed by atoms with E-state index in [2.05, 4.69) is 20.1 Å². The molecule has 2 aliphatic rings. The van der Waals surface area contributed by atoms with E-state index in [1.165, 1.54) is 6.42 Å². The third-order valence-corrected chi connectivity index (χ3v) is 4.70. The molecule has 1 unspecified atom stereocenters. The maximum absolute atomic E-state index is 12.1. The fraction of sp³-hybridized carbons (Fsp3) is 0.647. The van der Waals surface area contributed by atoms with Crippen LogP contribution in [0.3, 0.4) is 0 Å². The topological polar surface area (TPSA) is 57.7 Å². The van der Waals surface area contributed by atoms with Crippen LogP contribution >= 0.6 is 0 Å². The SMILES string of the molecule is CNC(=O)c1cccnc1N1CCCC(CN2CCOCC2)C1. The Bertz CT molecular complexity index is 531. The lowest BCUT2D eigenvalue weighted by Gasteiger charge is -2.37. The van der Waals surface area contributed by atoms with E-state index in [1.807, 2.05) is 12.1 Å². The number of amides is 1. The van der Waals surface area contributed by atoms with E-state index in [9.17, 15) is 4.79 Å². The molecule has 0 bridgehead atoms. The number of rotatable bonds is 4. The summed E-state index contributed by atoms with van der Waals surface area (Å²) in [6.45, 7) is 6.81. The summed E-state index contributed by atoms with van der Waals surface area (Å²) in [5, 5.41) is 2.71. The minimum atomic E-state index is -0.0663. The standard InChI is InChI=1S/C17H26N4O2/c1-18-17(22)15-5-2-6-19-16(15)21-7-3-4-14(13-21)12-20-8-10-23-11-9-20/h2,5-6,14H,3-4,7-13H2,1H3,(H,18,22). The summed E-state index contributed by atoms with van der Waals surface area (Å²) >= 11 is 0. The molecule has 1 amide bonds. The average Bonchev–Trinajstić information content (AvgIpc) is 2.62. The lowest BCUT2D eigenvalue weighted by molar-refractivity contribution is 0.0296. The number of carbonyl (C=O) groups is 1. The molecule has 1 N–H and O–H groups in total. The molecule has 1 atom stereocenters. The van der Waals surface area contributed by atoms with Crippen LogP contribution in [-0.4, -0.2) is 68.8 Å². The highest BCUT2D eigenvalue weighted by molar-refractivity contribution is 5.98. The van der Waals surface area contributed by atoms with Crippen LogP contribution in [0.1, 0.15) is 23.2 Å².